The van der Waals surface area contributed by atoms with Gasteiger partial charge in [-0.3, -0.25) is 9.69 Å². The van der Waals surface area contributed by atoms with Gasteiger partial charge in [0.2, 0.25) is 5.91 Å². The van der Waals surface area contributed by atoms with Crippen LogP contribution in [0.4, 0.5) is 0 Å². The van der Waals surface area contributed by atoms with Crippen molar-refractivity contribution in [2.24, 2.45) is 5.41 Å². The molecular formula is C16H29N3O. The Morgan fingerprint density at radius 3 is 2.35 bits per heavy atom. The van der Waals surface area contributed by atoms with Crippen molar-refractivity contribution in [1.82, 2.24) is 15.1 Å². The van der Waals surface area contributed by atoms with Crippen LogP contribution in [0.15, 0.2) is 0 Å². The van der Waals surface area contributed by atoms with Gasteiger partial charge in [-0.05, 0) is 37.6 Å². The predicted molar refractivity (Wildman–Crippen MR) is 80.6 cm³/mol. The molecule has 1 amide bonds. The molecule has 0 spiro atoms. The summed E-state index contributed by atoms with van der Waals surface area (Å²) in [6, 6.07) is 0.836. The molecule has 114 valence electrons. The highest BCUT2D eigenvalue weighted by Gasteiger charge is 2.40. The molecule has 2 heterocycles. The standard InChI is InChI=1S/C16H29N3O/c1-16(2)7-4-8-17-14(16)15(20)19-11-9-18(10-12-19)13-5-3-6-13/h13-14,17H,3-12H2,1-2H3. The van der Waals surface area contributed by atoms with Crippen molar-refractivity contribution >= 4 is 5.91 Å². The third kappa shape index (κ3) is 2.73. The van der Waals surface area contributed by atoms with E-state index >= 15 is 0 Å². The zero-order valence-electron chi connectivity index (χ0n) is 13.0. The van der Waals surface area contributed by atoms with Gasteiger partial charge in [0.25, 0.3) is 0 Å². The molecule has 0 radical (unpaired) electrons. The topological polar surface area (TPSA) is 35.6 Å². The molecule has 0 bridgehead atoms. The second kappa shape index (κ2) is 5.64. The van der Waals surface area contributed by atoms with Gasteiger partial charge >= 0.3 is 0 Å². The number of carbonyl (C=O) groups is 1. The molecular weight excluding hydrogens is 250 g/mol. The summed E-state index contributed by atoms with van der Waals surface area (Å²) < 4.78 is 0. The van der Waals surface area contributed by atoms with E-state index in [1.54, 1.807) is 0 Å². The van der Waals surface area contributed by atoms with Gasteiger partial charge in [-0.15, -0.1) is 0 Å². The third-order valence-electron chi connectivity index (χ3n) is 5.59. The maximum atomic E-state index is 12.8. The predicted octanol–water partition coefficient (Wildman–Crippen LogP) is 1.46. The van der Waals surface area contributed by atoms with Crippen molar-refractivity contribution in [3.8, 4) is 0 Å². The zero-order chi connectivity index (χ0) is 14.2. The number of piperidine rings is 1. The van der Waals surface area contributed by atoms with Crippen LogP contribution in [0.5, 0.6) is 0 Å². The van der Waals surface area contributed by atoms with Crippen LogP contribution in [-0.4, -0.2) is 60.5 Å². The Kier molecular flexibility index (Phi) is 4.04. The smallest absolute Gasteiger partial charge is 0.240 e. The first-order valence-corrected chi connectivity index (χ1v) is 8.34. The Morgan fingerprint density at radius 1 is 1.10 bits per heavy atom. The van der Waals surface area contributed by atoms with Crippen LogP contribution in [0.2, 0.25) is 0 Å². The van der Waals surface area contributed by atoms with Gasteiger partial charge in [-0.2, -0.15) is 0 Å². The Balaban J connectivity index is 1.55. The van der Waals surface area contributed by atoms with E-state index in [9.17, 15) is 4.79 Å². The molecule has 3 rings (SSSR count). The van der Waals surface area contributed by atoms with Gasteiger partial charge in [0.15, 0.2) is 0 Å². The fraction of sp³-hybridized carbons (Fsp3) is 0.938. The molecule has 4 heteroatoms. The van der Waals surface area contributed by atoms with Gasteiger partial charge < -0.3 is 10.2 Å². The average Bonchev–Trinajstić information content (AvgIpc) is 2.36. The SMILES string of the molecule is CC1(C)CCCNC1C(=O)N1CCN(C2CCC2)CC1. The summed E-state index contributed by atoms with van der Waals surface area (Å²) in [4.78, 5) is 17.5. The first kappa shape index (κ1) is 14.3. The largest absolute Gasteiger partial charge is 0.339 e. The molecule has 1 N–H and O–H groups in total. The lowest BCUT2D eigenvalue weighted by Crippen LogP contribution is -2.60. The van der Waals surface area contributed by atoms with Crippen molar-refractivity contribution in [2.45, 2.75) is 58.0 Å². The van der Waals surface area contributed by atoms with Crippen LogP contribution in [-0.2, 0) is 4.79 Å². The minimum Gasteiger partial charge on any atom is -0.339 e. The van der Waals surface area contributed by atoms with E-state index in [4.69, 9.17) is 0 Å². The summed E-state index contributed by atoms with van der Waals surface area (Å²) in [5.41, 5.74) is 0.0977. The monoisotopic (exact) mass is 279 g/mol. The second-order valence-corrected chi connectivity index (χ2v) is 7.43. The summed E-state index contributed by atoms with van der Waals surface area (Å²) >= 11 is 0. The summed E-state index contributed by atoms with van der Waals surface area (Å²) in [5, 5.41) is 3.46. The van der Waals surface area contributed by atoms with Gasteiger partial charge in [-0.25, -0.2) is 0 Å². The number of carbonyl (C=O) groups excluding carboxylic acids is 1. The van der Waals surface area contributed by atoms with E-state index in [-0.39, 0.29) is 11.5 Å². The molecule has 0 aromatic carbocycles. The summed E-state index contributed by atoms with van der Waals surface area (Å²) in [5.74, 6) is 0.336. The molecule has 1 atom stereocenters. The molecule has 1 aliphatic carbocycles. The zero-order valence-corrected chi connectivity index (χ0v) is 13.0. The highest BCUT2D eigenvalue weighted by molar-refractivity contribution is 5.83. The molecule has 2 saturated heterocycles. The van der Waals surface area contributed by atoms with E-state index in [1.807, 2.05) is 0 Å². The molecule has 3 aliphatic rings. The molecule has 0 aromatic heterocycles. The van der Waals surface area contributed by atoms with Crippen molar-refractivity contribution in [3.63, 3.8) is 0 Å². The van der Waals surface area contributed by atoms with Crippen LogP contribution in [0, 0.1) is 5.41 Å². The van der Waals surface area contributed by atoms with Crippen molar-refractivity contribution in [3.05, 3.63) is 0 Å². The molecule has 3 fully saturated rings. The number of nitrogens with zero attached hydrogens (tertiary/aromatic N) is 2. The van der Waals surface area contributed by atoms with Crippen LogP contribution in [0.25, 0.3) is 0 Å². The number of hydrogen-bond donors (Lipinski definition) is 1. The van der Waals surface area contributed by atoms with Crippen LogP contribution in [0.1, 0.15) is 46.0 Å². The van der Waals surface area contributed by atoms with E-state index in [0.29, 0.717) is 5.91 Å². The van der Waals surface area contributed by atoms with Crippen LogP contribution < -0.4 is 5.32 Å². The van der Waals surface area contributed by atoms with Gasteiger partial charge in [-0.1, -0.05) is 20.3 Å². The minimum absolute atomic E-state index is 0.0199. The lowest BCUT2D eigenvalue weighted by atomic mass is 9.77. The van der Waals surface area contributed by atoms with Gasteiger partial charge in [0, 0.05) is 32.2 Å². The highest BCUT2D eigenvalue weighted by atomic mass is 16.2. The van der Waals surface area contributed by atoms with Gasteiger partial charge in [0.05, 0.1) is 6.04 Å². The fourth-order valence-electron chi connectivity index (χ4n) is 3.87. The maximum absolute atomic E-state index is 12.8. The highest BCUT2D eigenvalue weighted by Crippen LogP contribution is 2.31. The lowest BCUT2D eigenvalue weighted by Gasteiger charge is -2.45. The van der Waals surface area contributed by atoms with E-state index in [2.05, 4.69) is 29.0 Å². The Bertz CT molecular complexity index is 357. The summed E-state index contributed by atoms with van der Waals surface area (Å²) in [6.45, 7) is 9.43. The first-order valence-electron chi connectivity index (χ1n) is 8.34. The molecule has 1 unspecified atom stereocenters. The molecule has 20 heavy (non-hydrogen) atoms. The fourth-order valence-corrected chi connectivity index (χ4v) is 3.87. The quantitative estimate of drug-likeness (QED) is 0.831. The van der Waals surface area contributed by atoms with Crippen LogP contribution >= 0.6 is 0 Å². The Morgan fingerprint density at radius 2 is 1.80 bits per heavy atom. The number of amides is 1. The third-order valence-corrected chi connectivity index (χ3v) is 5.59. The second-order valence-electron chi connectivity index (χ2n) is 7.43. The van der Waals surface area contributed by atoms with E-state index in [1.165, 1.54) is 25.7 Å². The normalized spacial score (nSPS) is 31.9. The number of hydrogen-bond acceptors (Lipinski definition) is 3. The average molecular weight is 279 g/mol. The summed E-state index contributed by atoms with van der Waals surface area (Å²) in [7, 11) is 0. The molecule has 1 saturated carbocycles. The summed E-state index contributed by atoms with van der Waals surface area (Å²) in [6.07, 6.45) is 6.46. The molecule has 2 aliphatic heterocycles. The maximum Gasteiger partial charge on any atom is 0.240 e. The Hall–Kier alpha value is -0.610. The Labute approximate surface area is 122 Å². The van der Waals surface area contributed by atoms with Crippen molar-refractivity contribution < 1.29 is 4.79 Å². The minimum atomic E-state index is 0.0199. The van der Waals surface area contributed by atoms with E-state index < -0.39 is 0 Å². The van der Waals surface area contributed by atoms with E-state index in [0.717, 1.165) is 45.2 Å². The number of rotatable bonds is 2. The first-order chi connectivity index (χ1) is 9.58. The van der Waals surface area contributed by atoms with Gasteiger partial charge in [0.1, 0.15) is 0 Å². The van der Waals surface area contributed by atoms with Crippen molar-refractivity contribution in [2.75, 3.05) is 32.7 Å². The molecule has 0 aromatic rings. The van der Waals surface area contributed by atoms with Crippen LogP contribution in [0.3, 0.4) is 0 Å². The number of piperazine rings is 1. The number of nitrogens with one attached hydrogen (secondary N) is 1. The molecule has 4 nitrogen and oxygen atoms in total. The lowest BCUT2D eigenvalue weighted by molar-refractivity contribution is -0.139. The van der Waals surface area contributed by atoms with Crippen molar-refractivity contribution in [1.29, 1.82) is 0 Å².